The van der Waals surface area contributed by atoms with E-state index in [-0.39, 0.29) is 5.91 Å². The molecule has 0 saturated heterocycles. The first-order valence-electron chi connectivity index (χ1n) is 9.07. The molecule has 4 aromatic rings. The van der Waals surface area contributed by atoms with Gasteiger partial charge in [-0.1, -0.05) is 0 Å². The van der Waals surface area contributed by atoms with E-state index in [1.165, 1.54) is 0 Å². The fourth-order valence-electron chi connectivity index (χ4n) is 3.19. The summed E-state index contributed by atoms with van der Waals surface area (Å²) in [4.78, 5) is 14.5. The summed E-state index contributed by atoms with van der Waals surface area (Å²) in [7, 11) is 3.95. The number of nitrogens with one attached hydrogen (secondary N) is 1. The van der Waals surface area contributed by atoms with Gasteiger partial charge >= 0.3 is 0 Å². The number of anilines is 3. The molecule has 4 rings (SSSR count). The second-order valence-electron chi connectivity index (χ2n) is 6.95. The average molecular weight is 370 g/mol. The van der Waals surface area contributed by atoms with Crippen LogP contribution in [-0.4, -0.2) is 24.6 Å². The number of nitrogens with two attached hydrogens (primary N) is 1. The van der Waals surface area contributed by atoms with E-state index in [0.717, 1.165) is 33.7 Å². The first-order valence-corrected chi connectivity index (χ1v) is 9.07. The molecule has 0 atom stereocenters. The summed E-state index contributed by atoms with van der Waals surface area (Å²) in [6.45, 7) is 0. The molecule has 0 unspecified atom stereocenters. The standard InChI is InChI=1S/C23H22N4O/c1-26(2)20-8-3-16(4-9-20)23(28)25-19-7-12-22-17(15-19)13-14-27(22)21-10-5-18(24)6-11-21/h3-15H,24H2,1-2H3,(H,25,28). The lowest BCUT2D eigenvalue weighted by Crippen LogP contribution is -2.13. The van der Waals surface area contributed by atoms with Crippen molar-refractivity contribution in [2.45, 2.75) is 0 Å². The minimum absolute atomic E-state index is 0.123. The van der Waals surface area contributed by atoms with Crippen LogP contribution in [0.2, 0.25) is 0 Å². The largest absolute Gasteiger partial charge is 0.399 e. The Hall–Kier alpha value is -3.73. The number of carbonyl (C=O) groups excluding carboxylic acids is 1. The predicted octanol–water partition coefficient (Wildman–Crippen LogP) is 4.53. The molecule has 1 amide bonds. The molecule has 0 aliphatic carbocycles. The van der Waals surface area contributed by atoms with Crippen molar-refractivity contribution in [2.24, 2.45) is 0 Å². The molecule has 1 heterocycles. The molecule has 0 saturated carbocycles. The molecule has 140 valence electrons. The highest BCUT2D eigenvalue weighted by Gasteiger charge is 2.09. The van der Waals surface area contributed by atoms with E-state index in [4.69, 9.17) is 5.73 Å². The van der Waals surface area contributed by atoms with Crippen molar-refractivity contribution in [3.05, 3.63) is 84.6 Å². The Kier molecular flexibility index (Phi) is 4.49. The normalized spacial score (nSPS) is 10.8. The van der Waals surface area contributed by atoms with E-state index < -0.39 is 0 Å². The van der Waals surface area contributed by atoms with Gasteiger partial charge in [-0.05, 0) is 72.8 Å². The van der Waals surface area contributed by atoms with Crippen LogP contribution in [0, 0.1) is 0 Å². The summed E-state index contributed by atoms with van der Waals surface area (Å²) in [5.41, 5.74) is 11.1. The maximum Gasteiger partial charge on any atom is 0.255 e. The average Bonchev–Trinajstić information content (AvgIpc) is 3.12. The number of hydrogen-bond acceptors (Lipinski definition) is 3. The van der Waals surface area contributed by atoms with Crippen LogP contribution in [-0.2, 0) is 0 Å². The number of aromatic nitrogens is 1. The third kappa shape index (κ3) is 3.42. The highest BCUT2D eigenvalue weighted by molar-refractivity contribution is 6.05. The van der Waals surface area contributed by atoms with Crippen molar-refractivity contribution in [2.75, 3.05) is 30.0 Å². The SMILES string of the molecule is CN(C)c1ccc(C(=O)Nc2ccc3c(ccn3-c3ccc(N)cc3)c2)cc1. The van der Waals surface area contributed by atoms with Gasteiger partial charge in [0.25, 0.3) is 5.91 Å². The van der Waals surface area contributed by atoms with Crippen molar-refractivity contribution < 1.29 is 4.79 Å². The highest BCUT2D eigenvalue weighted by Crippen LogP contribution is 2.24. The first-order chi connectivity index (χ1) is 13.5. The second kappa shape index (κ2) is 7.12. The van der Waals surface area contributed by atoms with Crippen LogP contribution in [0.3, 0.4) is 0 Å². The maximum atomic E-state index is 12.5. The van der Waals surface area contributed by atoms with Crippen molar-refractivity contribution in [3.8, 4) is 5.69 Å². The third-order valence-corrected chi connectivity index (χ3v) is 4.77. The van der Waals surface area contributed by atoms with Gasteiger partial charge in [0.15, 0.2) is 0 Å². The molecular weight excluding hydrogens is 348 g/mol. The fraction of sp³-hybridized carbons (Fsp3) is 0.0870. The fourth-order valence-corrected chi connectivity index (χ4v) is 3.19. The quantitative estimate of drug-likeness (QED) is 0.519. The van der Waals surface area contributed by atoms with E-state index in [1.54, 1.807) is 0 Å². The number of benzene rings is 3. The van der Waals surface area contributed by atoms with E-state index in [1.807, 2.05) is 98.0 Å². The van der Waals surface area contributed by atoms with Crippen molar-refractivity contribution in [3.63, 3.8) is 0 Å². The van der Waals surface area contributed by atoms with Gasteiger partial charge in [-0.25, -0.2) is 0 Å². The third-order valence-electron chi connectivity index (χ3n) is 4.77. The Morgan fingerprint density at radius 1 is 0.929 bits per heavy atom. The monoisotopic (exact) mass is 370 g/mol. The van der Waals surface area contributed by atoms with Crippen LogP contribution < -0.4 is 16.0 Å². The topological polar surface area (TPSA) is 63.3 Å². The molecule has 0 bridgehead atoms. The molecule has 28 heavy (non-hydrogen) atoms. The maximum absolute atomic E-state index is 12.5. The molecule has 0 radical (unpaired) electrons. The number of fused-ring (bicyclic) bond motifs is 1. The van der Waals surface area contributed by atoms with E-state index in [2.05, 4.69) is 9.88 Å². The summed E-state index contributed by atoms with van der Waals surface area (Å²) < 4.78 is 2.10. The zero-order valence-corrected chi connectivity index (χ0v) is 15.9. The Morgan fingerprint density at radius 3 is 2.32 bits per heavy atom. The lowest BCUT2D eigenvalue weighted by atomic mass is 10.1. The van der Waals surface area contributed by atoms with Crippen LogP contribution in [0.15, 0.2) is 79.0 Å². The molecule has 0 aliphatic heterocycles. The van der Waals surface area contributed by atoms with Gasteiger partial charge in [-0.2, -0.15) is 0 Å². The van der Waals surface area contributed by atoms with Gasteiger partial charge in [0.2, 0.25) is 0 Å². The van der Waals surface area contributed by atoms with E-state index in [9.17, 15) is 4.79 Å². The van der Waals surface area contributed by atoms with Crippen molar-refractivity contribution in [1.82, 2.24) is 4.57 Å². The predicted molar refractivity (Wildman–Crippen MR) is 116 cm³/mol. The van der Waals surface area contributed by atoms with Gasteiger partial charge in [0.05, 0.1) is 5.52 Å². The molecule has 3 N–H and O–H groups in total. The van der Waals surface area contributed by atoms with Crippen LogP contribution in [0.4, 0.5) is 17.1 Å². The summed E-state index contributed by atoms with van der Waals surface area (Å²) in [5, 5.41) is 4.03. The molecule has 0 spiro atoms. The lowest BCUT2D eigenvalue weighted by molar-refractivity contribution is 0.102. The first kappa shape index (κ1) is 17.7. The number of rotatable bonds is 4. The van der Waals surface area contributed by atoms with Crippen molar-refractivity contribution in [1.29, 1.82) is 0 Å². The molecule has 5 nitrogen and oxygen atoms in total. The Labute approximate surface area is 164 Å². The number of nitrogen functional groups attached to an aromatic ring is 1. The smallest absolute Gasteiger partial charge is 0.255 e. The summed E-state index contributed by atoms with van der Waals surface area (Å²) in [6.07, 6.45) is 2.02. The molecule has 5 heteroatoms. The zero-order valence-electron chi connectivity index (χ0n) is 15.9. The van der Waals surface area contributed by atoms with Crippen LogP contribution >= 0.6 is 0 Å². The van der Waals surface area contributed by atoms with Crippen LogP contribution in [0.1, 0.15) is 10.4 Å². The van der Waals surface area contributed by atoms with Gasteiger partial charge in [-0.15, -0.1) is 0 Å². The van der Waals surface area contributed by atoms with E-state index in [0.29, 0.717) is 5.56 Å². The van der Waals surface area contributed by atoms with Gasteiger partial charge in [-0.3, -0.25) is 4.79 Å². The Bertz CT molecular complexity index is 1130. The molecular formula is C23H22N4O. The Morgan fingerprint density at radius 2 is 1.64 bits per heavy atom. The summed E-state index contributed by atoms with van der Waals surface area (Å²) in [6, 6.07) is 23.2. The minimum Gasteiger partial charge on any atom is -0.399 e. The number of carbonyl (C=O) groups is 1. The molecule has 3 aromatic carbocycles. The van der Waals surface area contributed by atoms with Gasteiger partial charge in [0, 0.05) is 54.0 Å². The number of nitrogens with zero attached hydrogens (tertiary/aromatic N) is 2. The molecule has 0 aliphatic rings. The van der Waals surface area contributed by atoms with Crippen LogP contribution in [0.5, 0.6) is 0 Å². The van der Waals surface area contributed by atoms with Gasteiger partial charge < -0.3 is 20.5 Å². The number of amides is 1. The summed E-state index contributed by atoms with van der Waals surface area (Å²) >= 11 is 0. The minimum atomic E-state index is -0.123. The summed E-state index contributed by atoms with van der Waals surface area (Å²) in [5.74, 6) is -0.123. The second-order valence-corrected chi connectivity index (χ2v) is 6.95. The van der Waals surface area contributed by atoms with Gasteiger partial charge in [0.1, 0.15) is 0 Å². The van der Waals surface area contributed by atoms with E-state index >= 15 is 0 Å². The lowest BCUT2D eigenvalue weighted by Gasteiger charge is -2.12. The zero-order chi connectivity index (χ0) is 19.7. The highest BCUT2D eigenvalue weighted by atomic mass is 16.1. The number of hydrogen-bond donors (Lipinski definition) is 2. The molecule has 1 aromatic heterocycles. The van der Waals surface area contributed by atoms with Crippen molar-refractivity contribution >= 4 is 33.9 Å². The Balaban J connectivity index is 1.56. The van der Waals surface area contributed by atoms with Crippen LogP contribution in [0.25, 0.3) is 16.6 Å². The molecule has 0 fully saturated rings.